The molecular weight excluding hydrogens is 653 g/mol. The normalized spacial score (nSPS) is 24.9. The van der Waals surface area contributed by atoms with E-state index < -0.39 is 0 Å². The van der Waals surface area contributed by atoms with Crippen molar-refractivity contribution in [2.75, 3.05) is 0 Å². The standard InChI is InChI=1S/C52H52N2/c1-3-42(51-53-48(38-20-6-4-7-21-38)35-49(54-51)39-22-8-5-9-23-39)50-36(2)18-16-25-37-19-10-13-28-44(37)47-31-17-26-41(52(47)32-33-52)34-40-24-11-12-27-43(40)45-29-14-15-30-46(45)50/h4-8,10-12,14-16,18-20,22,24,27,29-31,34-35,38,42H,3,9,13,17,21,23,25-26,28,32-33H2,1-2H3/b18-16+,41-34+,50-36-. The summed E-state index contributed by atoms with van der Waals surface area (Å²) in [7, 11) is 0. The average Bonchev–Trinajstić information content (AvgIpc) is 4.02. The minimum atomic E-state index is 0.0157. The number of aromatic nitrogens is 2. The summed E-state index contributed by atoms with van der Waals surface area (Å²) in [5.74, 6) is 1.20. The highest BCUT2D eigenvalue weighted by molar-refractivity contribution is 5.89. The van der Waals surface area contributed by atoms with Gasteiger partial charge in [0.2, 0.25) is 0 Å². The van der Waals surface area contributed by atoms with Gasteiger partial charge in [-0.3, -0.25) is 0 Å². The molecule has 0 radical (unpaired) electrons. The van der Waals surface area contributed by atoms with Gasteiger partial charge in [-0.2, -0.15) is 0 Å². The van der Waals surface area contributed by atoms with Gasteiger partial charge in [0, 0.05) is 17.3 Å². The van der Waals surface area contributed by atoms with Crippen LogP contribution in [0.5, 0.6) is 0 Å². The molecule has 2 bridgehead atoms. The van der Waals surface area contributed by atoms with E-state index in [1.54, 1.807) is 16.7 Å². The van der Waals surface area contributed by atoms with Crippen molar-refractivity contribution in [2.24, 2.45) is 5.41 Å². The van der Waals surface area contributed by atoms with Crippen molar-refractivity contribution in [1.29, 1.82) is 0 Å². The fraction of sp³-hybridized carbons (Fsp3) is 0.308. The molecule has 6 aliphatic rings. The number of rotatable bonds is 5. The van der Waals surface area contributed by atoms with Crippen LogP contribution in [0.25, 0.3) is 28.3 Å². The second-order valence-corrected chi connectivity index (χ2v) is 16.0. The zero-order valence-electron chi connectivity index (χ0n) is 32.0. The Labute approximate surface area is 322 Å². The molecule has 0 amide bonds. The SMILES string of the molecule is CCC(/C1=C(C)/C=C/CC2=C(CCC=C2)C2=CCC/C(=C\c3ccccc3-c3ccccc31)C21CC1)c1nc(C2=CC=CCC2)cc(C2C=CC=CC2)n1. The molecule has 0 aliphatic heterocycles. The van der Waals surface area contributed by atoms with Gasteiger partial charge in [-0.25, -0.2) is 9.97 Å². The van der Waals surface area contributed by atoms with Gasteiger partial charge in [-0.05, 0) is 139 Å². The highest BCUT2D eigenvalue weighted by Gasteiger charge is 2.51. The van der Waals surface area contributed by atoms with E-state index >= 15 is 0 Å². The summed E-state index contributed by atoms with van der Waals surface area (Å²) in [4.78, 5) is 11.0. The smallest absolute Gasteiger partial charge is 0.136 e. The predicted molar refractivity (Wildman–Crippen MR) is 228 cm³/mol. The number of nitrogens with zero attached hydrogens (tertiary/aromatic N) is 2. The van der Waals surface area contributed by atoms with Gasteiger partial charge in [0.1, 0.15) is 5.82 Å². The Kier molecular flexibility index (Phi) is 9.62. The lowest BCUT2D eigenvalue weighted by Gasteiger charge is -2.32. The van der Waals surface area contributed by atoms with E-state index in [-0.39, 0.29) is 17.3 Å². The maximum atomic E-state index is 5.50. The van der Waals surface area contributed by atoms with E-state index in [1.807, 2.05) is 0 Å². The molecule has 1 saturated carbocycles. The van der Waals surface area contributed by atoms with Crippen molar-refractivity contribution in [1.82, 2.24) is 9.97 Å². The van der Waals surface area contributed by atoms with Crippen LogP contribution in [0.15, 0.2) is 155 Å². The van der Waals surface area contributed by atoms with Gasteiger partial charge in [0.15, 0.2) is 0 Å². The second kappa shape index (κ2) is 15.0. The number of benzene rings is 2. The molecule has 1 aromatic heterocycles. The van der Waals surface area contributed by atoms with E-state index in [9.17, 15) is 0 Å². The third-order valence-corrected chi connectivity index (χ3v) is 12.7. The Morgan fingerprint density at radius 1 is 0.796 bits per heavy atom. The number of allylic oxidation sites excluding steroid dienone is 19. The average molecular weight is 705 g/mol. The molecule has 2 nitrogen and oxygen atoms in total. The Morgan fingerprint density at radius 3 is 2.43 bits per heavy atom. The minimum absolute atomic E-state index is 0.0157. The van der Waals surface area contributed by atoms with E-state index in [4.69, 9.17) is 9.97 Å². The van der Waals surface area contributed by atoms with Crippen molar-refractivity contribution >= 4 is 17.2 Å². The third-order valence-electron chi connectivity index (χ3n) is 12.7. The molecule has 1 heterocycles. The Balaban J connectivity index is 1.26. The third kappa shape index (κ3) is 6.55. The van der Waals surface area contributed by atoms with E-state index in [2.05, 4.69) is 147 Å². The number of hydrogen-bond donors (Lipinski definition) is 0. The fourth-order valence-electron chi connectivity index (χ4n) is 9.79. The first-order chi connectivity index (χ1) is 26.6. The van der Waals surface area contributed by atoms with Crippen LogP contribution < -0.4 is 0 Å². The summed E-state index contributed by atoms with van der Waals surface area (Å²) in [6.07, 6.45) is 42.4. The molecule has 2 unspecified atom stereocenters. The fourth-order valence-corrected chi connectivity index (χ4v) is 9.79. The summed E-state index contributed by atoms with van der Waals surface area (Å²) >= 11 is 0. The van der Waals surface area contributed by atoms with Crippen molar-refractivity contribution in [2.45, 2.75) is 96.3 Å². The van der Waals surface area contributed by atoms with Gasteiger partial charge in [-0.1, -0.05) is 140 Å². The quantitative estimate of drug-likeness (QED) is 0.264. The zero-order chi connectivity index (χ0) is 36.5. The van der Waals surface area contributed by atoms with Gasteiger partial charge >= 0.3 is 0 Å². The summed E-state index contributed by atoms with van der Waals surface area (Å²) in [6.45, 7) is 4.64. The molecule has 6 aliphatic carbocycles. The lowest BCUT2D eigenvalue weighted by atomic mass is 9.73. The first kappa shape index (κ1) is 34.7. The number of hydrogen-bond acceptors (Lipinski definition) is 2. The molecule has 54 heavy (non-hydrogen) atoms. The maximum absolute atomic E-state index is 5.50. The second-order valence-electron chi connectivity index (χ2n) is 16.0. The first-order valence-electron chi connectivity index (χ1n) is 20.6. The van der Waals surface area contributed by atoms with Crippen LogP contribution >= 0.6 is 0 Å². The molecule has 0 N–H and O–H groups in total. The van der Waals surface area contributed by atoms with Crippen LogP contribution in [0.2, 0.25) is 0 Å². The van der Waals surface area contributed by atoms with Crippen LogP contribution in [-0.2, 0) is 0 Å². The molecule has 2 heteroatoms. The van der Waals surface area contributed by atoms with Crippen molar-refractivity contribution < 1.29 is 0 Å². The lowest BCUT2D eigenvalue weighted by molar-refractivity contribution is 0.642. The lowest BCUT2D eigenvalue weighted by Crippen LogP contribution is -2.16. The highest BCUT2D eigenvalue weighted by atomic mass is 14.9. The summed E-state index contributed by atoms with van der Waals surface area (Å²) in [6, 6.07) is 20.6. The van der Waals surface area contributed by atoms with Gasteiger partial charge in [0.05, 0.1) is 11.4 Å². The molecule has 270 valence electrons. The zero-order valence-corrected chi connectivity index (χ0v) is 32.0. The van der Waals surface area contributed by atoms with Crippen LogP contribution in [0.3, 0.4) is 0 Å². The van der Waals surface area contributed by atoms with Gasteiger partial charge < -0.3 is 0 Å². The molecule has 1 fully saturated rings. The summed E-state index contributed by atoms with van der Waals surface area (Å²) in [5.41, 5.74) is 17.9. The summed E-state index contributed by atoms with van der Waals surface area (Å²) in [5, 5.41) is 0. The Bertz CT molecular complexity index is 2280. The number of fused-ring (bicyclic) bond motifs is 4. The van der Waals surface area contributed by atoms with Crippen molar-refractivity contribution in [3.63, 3.8) is 0 Å². The Hall–Kier alpha value is -5.08. The monoisotopic (exact) mass is 704 g/mol. The topological polar surface area (TPSA) is 25.8 Å². The summed E-state index contributed by atoms with van der Waals surface area (Å²) < 4.78 is 0. The molecule has 3 aromatic rings. The maximum Gasteiger partial charge on any atom is 0.136 e. The van der Waals surface area contributed by atoms with Crippen molar-refractivity contribution in [3.8, 4) is 11.1 Å². The van der Waals surface area contributed by atoms with Gasteiger partial charge in [0.25, 0.3) is 0 Å². The van der Waals surface area contributed by atoms with E-state index in [0.29, 0.717) is 0 Å². The van der Waals surface area contributed by atoms with Crippen LogP contribution in [0.4, 0.5) is 0 Å². The van der Waals surface area contributed by atoms with Crippen LogP contribution in [0, 0.1) is 5.41 Å². The molecule has 0 saturated heterocycles. The van der Waals surface area contributed by atoms with Crippen LogP contribution in [0.1, 0.15) is 125 Å². The van der Waals surface area contributed by atoms with E-state index in [1.165, 1.54) is 57.4 Å². The minimum Gasteiger partial charge on any atom is -0.237 e. The van der Waals surface area contributed by atoms with Crippen molar-refractivity contribution in [3.05, 3.63) is 184 Å². The largest absolute Gasteiger partial charge is 0.237 e. The predicted octanol–water partition coefficient (Wildman–Crippen LogP) is 13.9. The molecular formula is C52H52N2. The molecule has 2 atom stereocenters. The molecule has 9 rings (SSSR count). The van der Waals surface area contributed by atoms with E-state index in [0.717, 1.165) is 75.0 Å². The van der Waals surface area contributed by atoms with Gasteiger partial charge in [-0.15, -0.1) is 0 Å². The molecule has 2 aromatic carbocycles. The molecule has 1 spiro atoms. The Morgan fingerprint density at radius 2 is 1.63 bits per heavy atom. The first-order valence-corrected chi connectivity index (χ1v) is 20.6. The highest BCUT2D eigenvalue weighted by Crippen LogP contribution is 2.64. The van der Waals surface area contributed by atoms with Crippen LogP contribution in [-0.4, -0.2) is 9.97 Å².